The molecule has 5 nitrogen and oxygen atoms in total. The zero-order chi connectivity index (χ0) is 18.9. The summed E-state index contributed by atoms with van der Waals surface area (Å²) < 4.78 is 15.9. The molecule has 0 radical (unpaired) electrons. The number of hydrogen-bond donors (Lipinski definition) is 1. The molecule has 0 saturated heterocycles. The van der Waals surface area contributed by atoms with E-state index in [1.54, 1.807) is 39.5 Å². The summed E-state index contributed by atoms with van der Waals surface area (Å²) in [7, 11) is 4.70. The van der Waals surface area contributed by atoms with Crippen LogP contribution in [0.2, 0.25) is 0 Å². The first-order valence-electron chi connectivity index (χ1n) is 8.39. The van der Waals surface area contributed by atoms with Crippen LogP contribution in [-0.2, 0) is 11.2 Å². The lowest BCUT2D eigenvalue weighted by Crippen LogP contribution is -2.23. The maximum absolute atomic E-state index is 12.1. The standard InChI is InChI=1S/C21H25NO4/c1-15-7-5-6-8-16(15)11-12-22-21(23)10-9-17-13-19(25-3)20(26-4)14-18(17)24-2/h5-10,13-14H,11-12H2,1-4H3,(H,22,23)/b10-9+. The molecule has 2 aromatic carbocycles. The van der Waals surface area contributed by atoms with Gasteiger partial charge in [0.15, 0.2) is 11.5 Å². The predicted octanol–water partition coefficient (Wildman–Crippen LogP) is 3.39. The molecule has 2 aromatic rings. The highest BCUT2D eigenvalue weighted by Crippen LogP contribution is 2.35. The fourth-order valence-corrected chi connectivity index (χ4v) is 2.62. The Kier molecular flexibility index (Phi) is 7.09. The lowest BCUT2D eigenvalue weighted by molar-refractivity contribution is -0.116. The van der Waals surface area contributed by atoms with Gasteiger partial charge in [0.1, 0.15) is 5.75 Å². The molecule has 0 saturated carbocycles. The number of carbonyl (C=O) groups excluding carboxylic acids is 1. The van der Waals surface area contributed by atoms with E-state index in [2.05, 4.69) is 24.4 Å². The van der Waals surface area contributed by atoms with E-state index in [1.165, 1.54) is 17.2 Å². The number of aryl methyl sites for hydroxylation is 1. The van der Waals surface area contributed by atoms with Gasteiger partial charge in [-0.1, -0.05) is 24.3 Å². The summed E-state index contributed by atoms with van der Waals surface area (Å²) in [4.78, 5) is 12.1. The molecule has 0 heterocycles. The Morgan fingerprint density at radius 2 is 1.65 bits per heavy atom. The zero-order valence-corrected chi connectivity index (χ0v) is 15.7. The molecule has 0 aliphatic carbocycles. The molecule has 26 heavy (non-hydrogen) atoms. The minimum Gasteiger partial charge on any atom is -0.496 e. The molecular weight excluding hydrogens is 330 g/mol. The van der Waals surface area contributed by atoms with Crippen LogP contribution in [0.3, 0.4) is 0 Å². The van der Waals surface area contributed by atoms with Crippen molar-refractivity contribution in [1.82, 2.24) is 5.32 Å². The molecular formula is C21H25NO4. The zero-order valence-electron chi connectivity index (χ0n) is 15.7. The summed E-state index contributed by atoms with van der Waals surface area (Å²) >= 11 is 0. The second-order valence-corrected chi connectivity index (χ2v) is 5.75. The topological polar surface area (TPSA) is 56.8 Å². The lowest BCUT2D eigenvalue weighted by Gasteiger charge is -2.12. The Balaban J connectivity index is 2.00. The molecule has 1 amide bonds. The number of methoxy groups -OCH3 is 3. The normalized spacial score (nSPS) is 10.6. The number of rotatable bonds is 8. The number of benzene rings is 2. The van der Waals surface area contributed by atoms with Crippen molar-refractivity contribution >= 4 is 12.0 Å². The third kappa shape index (κ3) is 5.02. The van der Waals surface area contributed by atoms with Gasteiger partial charge >= 0.3 is 0 Å². The highest BCUT2D eigenvalue weighted by Gasteiger charge is 2.10. The van der Waals surface area contributed by atoms with Crippen molar-refractivity contribution < 1.29 is 19.0 Å². The van der Waals surface area contributed by atoms with Crippen molar-refractivity contribution in [1.29, 1.82) is 0 Å². The minimum atomic E-state index is -0.157. The molecule has 0 aliphatic rings. The molecule has 0 aliphatic heterocycles. The Morgan fingerprint density at radius 3 is 2.31 bits per heavy atom. The van der Waals surface area contributed by atoms with Crippen LogP contribution < -0.4 is 19.5 Å². The monoisotopic (exact) mass is 355 g/mol. The Labute approximate surface area is 154 Å². The largest absolute Gasteiger partial charge is 0.496 e. The fraction of sp³-hybridized carbons (Fsp3) is 0.286. The van der Waals surface area contributed by atoms with Crippen LogP contribution in [0.15, 0.2) is 42.5 Å². The van der Waals surface area contributed by atoms with E-state index in [4.69, 9.17) is 14.2 Å². The summed E-state index contributed by atoms with van der Waals surface area (Å²) in [6, 6.07) is 11.7. The summed E-state index contributed by atoms with van der Waals surface area (Å²) in [5.41, 5.74) is 3.20. The number of hydrogen-bond acceptors (Lipinski definition) is 4. The molecule has 5 heteroatoms. The maximum Gasteiger partial charge on any atom is 0.244 e. The molecule has 0 aromatic heterocycles. The molecule has 0 spiro atoms. The number of nitrogens with one attached hydrogen (secondary N) is 1. The van der Waals surface area contributed by atoms with Gasteiger partial charge in [0.05, 0.1) is 21.3 Å². The second-order valence-electron chi connectivity index (χ2n) is 5.75. The van der Waals surface area contributed by atoms with Gasteiger partial charge in [-0.25, -0.2) is 0 Å². The molecule has 138 valence electrons. The quantitative estimate of drug-likeness (QED) is 0.738. The van der Waals surface area contributed by atoms with E-state index >= 15 is 0 Å². The third-order valence-electron chi connectivity index (χ3n) is 4.10. The first-order chi connectivity index (χ1) is 12.6. The molecule has 0 bridgehead atoms. The lowest BCUT2D eigenvalue weighted by atomic mass is 10.1. The van der Waals surface area contributed by atoms with Crippen LogP contribution in [0.5, 0.6) is 17.2 Å². The summed E-state index contributed by atoms with van der Waals surface area (Å²) in [5, 5.41) is 2.89. The maximum atomic E-state index is 12.1. The van der Waals surface area contributed by atoms with Crippen LogP contribution in [0.4, 0.5) is 0 Å². The van der Waals surface area contributed by atoms with Crippen molar-refractivity contribution in [3.63, 3.8) is 0 Å². The van der Waals surface area contributed by atoms with Gasteiger partial charge in [-0.2, -0.15) is 0 Å². The van der Waals surface area contributed by atoms with Gasteiger partial charge in [-0.05, 0) is 36.6 Å². The highest BCUT2D eigenvalue weighted by atomic mass is 16.5. The SMILES string of the molecule is COc1cc(OC)c(OC)cc1/C=C/C(=O)NCCc1ccccc1C. The van der Waals surface area contributed by atoms with Gasteiger partial charge < -0.3 is 19.5 Å². The minimum absolute atomic E-state index is 0.157. The fourth-order valence-electron chi connectivity index (χ4n) is 2.62. The van der Waals surface area contributed by atoms with Crippen molar-refractivity contribution in [2.24, 2.45) is 0 Å². The van der Waals surface area contributed by atoms with Gasteiger partial charge in [-0.3, -0.25) is 4.79 Å². The van der Waals surface area contributed by atoms with Crippen molar-refractivity contribution in [2.75, 3.05) is 27.9 Å². The predicted molar refractivity (Wildman–Crippen MR) is 103 cm³/mol. The number of amides is 1. The number of ether oxygens (including phenoxy) is 3. The van der Waals surface area contributed by atoms with Crippen molar-refractivity contribution in [3.8, 4) is 17.2 Å². The van der Waals surface area contributed by atoms with Crippen LogP contribution in [-0.4, -0.2) is 33.8 Å². The molecule has 0 fully saturated rings. The molecule has 1 N–H and O–H groups in total. The first-order valence-corrected chi connectivity index (χ1v) is 8.39. The molecule has 2 rings (SSSR count). The Bertz CT molecular complexity index is 784. The van der Waals surface area contributed by atoms with Crippen LogP contribution in [0.25, 0.3) is 6.08 Å². The van der Waals surface area contributed by atoms with E-state index in [-0.39, 0.29) is 5.91 Å². The second kappa shape index (κ2) is 9.51. The molecule has 0 atom stereocenters. The number of carbonyl (C=O) groups is 1. The average Bonchev–Trinajstić information content (AvgIpc) is 2.67. The summed E-state index contributed by atoms with van der Waals surface area (Å²) in [6.07, 6.45) is 3.98. The Hall–Kier alpha value is -2.95. The van der Waals surface area contributed by atoms with E-state index in [1.807, 2.05) is 12.1 Å². The first kappa shape index (κ1) is 19.4. The highest BCUT2D eigenvalue weighted by molar-refractivity contribution is 5.92. The van der Waals surface area contributed by atoms with Crippen LogP contribution in [0.1, 0.15) is 16.7 Å². The van der Waals surface area contributed by atoms with Crippen molar-refractivity contribution in [2.45, 2.75) is 13.3 Å². The van der Waals surface area contributed by atoms with E-state index < -0.39 is 0 Å². The van der Waals surface area contributed by atoms with E-state index in [0.29, 0.717) is 23.8 Å². The van der Waals surface area contributed by atoms with Gasteiger partial charge in [0.25, 0.3) is 0 Å². The van der Waals surface area contributed by atoms with E-state index in [9.17, 15) is 4.79 Å². The summed E-state index contributed by atoms with van der Waals surface area (Å²) in [5.74, 6) is 1.60. The smallest absolute Gasteiger partial charge is 0.244 e. The average molecular weight is 355 g/mol. The van der Waals surface area contributed by atoms with Crippen LogP contribution >= 0.6 is 0 Å². The third-order valence-corrected chi connectivity index (χ3v) is 4.10. The van der Waals surface area contributed by atoms with Gasteiger partial charge in [0.2, 0.25) is 5.91 Å². The summed E-state index contributed by atoms with van der Waals surface area (Å²) in [6.45, 7) is 2.65. The van der Waals surface area contributed by atoms with E-state index in [0.717, 1.165) is 12.0 Å². The van der Waals surface area contributed by atoms with Crippen molar-refractivity contribution in [3.05, 3.63) is 59.2 Å². The molecule has 0 unspecified atom stereocenters. The van der Waals surface area contributed by atoms with Gasteiger partial charge in [-0.15, -0.1) is 0 Å². The Morgan fingerprint density at radius 1 is 1.00 bits per heavy atom. The van der Waals surface area contributed by atoms with Crippen LogP contribution in [0, 0.1) is 6.92 Å². The van der Waals surface area contributed by atoms with Gasteiger partial charge in [0, 0.05) is 24.3 Å².